The minimum atomic E-state index is -0.480. The van der Waals surface area contributed by atoms with Gasteiger partial charge in [-0.15, -0.1) is 0 Å². The molecule has 0 radical (unpaired) electrons. The number of aryl methyl sites for hydroxylation is 1. The highest BCUT2D eigenvalue weighted by molar-refractivity contribution is 5.73. The first-order chi connectivity index (χ1) is 9.17. The number of nitrogens with zero attached hydrogens (tertiary/aromatic N) is 1. The van der Waals surface area contributed by atoms with Crippen molar-refractivity contribution in [1.82, 2.24) is 4.57 Å². The first-order valence-electron chi connectivity index (χ1n) is 6.98. The van der Waals surface area contributed by atoms with Crippen LogP contribution >= 0.6 is 0 Å². The van der Waals surface area contributed by atoms with E-state index < -0.39 is 6.10 Å². The Balaban J connectivity index is 2.24. The van der Waals surface area contributed by atoms with Crippen LogP contribution < -0.4 is 5.76 Å². The Bertz CT molecular complexity index is 597. The van der Waals surface area contributed by atoms with Crippen LogP contribution in [-0.4, -0.2) is 9.67 Å². The second-order valence-corrected chi connectivity index (χ2v) is 4.85. The molecule has 1 aromatic heterocycles. The molecule has 1 heterocycles. The van der Waals surface area contributed by atoms with Crippen LogP contribution in [0.3, 0.4) is 0 Å². The summed E-state index contributed by atoms with van der Waals surface area (Å²) in [5, 5.41) is 10.1. The van der Waals surface area contributed by atoms with Crippen molar-refractivity contribution in [1.29, 1.82) is 0 Å². The van der Waals surface area contributed by atoms with Gasteiger partial charge < -0.3 is 9.52 Å². The summed E-state index contributed by atoms with van der Waals surface area (Å²) in [4.78, 5) is 11.6. The number of aromatic nitrogens is 1. The molecule has 2 rings (SSSR count). The number of fused-ring (bicyclic) bond motifs is 1. The molecule has 104 valence electrons. The van der Waals surface area contributed by atoms with Crippen molar-refractivity contribution < 1.29 is 9.52 Å². The second kappa shape index (κ2) is 6.06. The number of hydrogen-bond acceptors (Lipinski definition) is 3. The van der Waals surface area contributed by atoms with Gasteiger partial charge in [-0.25, -0.2) is 4.79 Å². The monoisotopic (exact) mass is 263 g/mol. The zero-order chi connectivity index (χ0) is 13.8. The van der Waals surface area contributed by atoms with Crippen LogP contribution in [0.5, 0.6) is 0 Å². The molecule has 0 saturated heterocycles. The topological polar surface area (TPSA) is 55.4 Å². The summed E-state index contributed by atoms with van der Waals surface area (Å²) in [5.41, 5.74) is 2.16. The predicted octanol–water partition coefficient (Wildman–Crippen LogP) is 3.23. The molecule has 0 aliphatic carbocycles. The number of unbranched alkanes of at least 4 members (excludes halogenated alkanes) is 2. The highest BCUT2D eigenvalue weighted by Gasteiger charge is 2.12. The number of aliphatic hydroxyl groups is 1. The summed E-state index contributed by atoms with van der Waals surface area (Å²) in [5.74, 6) is -0.338. The van der Waals surface area contributed by atoms with Gasteiger partial charge in [-0.2, -0.15) is 0 Å². The molecule has 1 unspecified atom stereocenters. The molecule has 0 amide bonds. The minimum absolute atomic E-state index is 0.338. The van der Waals surface area contributed by atoms with E-state index >= 15 is 0 Å². The lowest BCUT2D eigenvalue weighted by Crippen LogP contribution is -2.11. The molecule has 0 spiro atoms. The van der Waals surface area contributed by atoms with Gasteiger partial charge in [-0.05, 0) is 31.0 Å². The Morgan fingerprint density at radius 1 is 1.32 bits per heavy atom. The fourth-order valence-electron chi connectivity index (χ4n) is 2.34. The second-order valence-electron chi connectivity index (χ2n) is 4.85. The van der Waals surface area contributed by atoms with E-state index in [0.717, 1.165) is 36.8 Å². The third-order valence-corrected chi connectivity index (χ3v) is 3.47. The van der Waals surface area contributed by atoms with Crippen LogP contribution in [0, 0.1) is 0 Å². The van der Waals surface area contributed by atoms with Crippen LogP contribution in [0.4, 0.5) is 0 Å². The molecular formula is C15H21NO3. The van der Waals surface area contributed by atoms with Gasteiger partial charge in [0, 0.05) is 6.54 Å². The molecular weight excluding hydrogens is 242 g/mol. The lowest BCUT2D eigenvalue weighted by Gasteiger charge is -2.10. The van der Waals surface area contributed by atoms with E-state index in [4.69, 9.17) is 4.42 Å². The summed E-state index contributed by atoms with van der Waals surface area (Å²) in [6, 6.07) is 5.50. The van der Waals surface area contributed by atoms with E-state index in [-0.39, 0.29) is 5.76 Å². The largest absolute Gasteiger partial charge is 0.419 e. The highest BCUT2D eigenvalue weighted by Crippen LogP contribution is 2.23. The predicted molar refractivity (Wildman–Crippen MR) is 75.2 cm³/mol. The van der Waals surface area contributed by atoms with E-state index in [2.05, 4.69) is 6.92 Å². The molecule has 4 heteroatoms. The number of hydrogen-bond donors (Lipinski definition) is 1. The molecule has 19 heavy (non-hydrogen) atoms. The molecule has 0 aliphatic rings. The summed E-state index contributed by atoms with van der Waals surface area (Å²) in [6.07, 6.45) is 3.54. The Hall–Kier alpha value is -1.55. The van der Waals surface area contributed by atoms with Gasteiger partial charge >= 0.3 is 5.76 Å². The number of benzene rings is 1. The van der Waals surface area contributed by atoms with Crippen molar-refractivity contribution in [3.8, 4) is 0 Å². The molecule has 1 aromatic carbocycles. The van der Waals surface area contributed by atoms with Gasteiger partial charge in [0.05, 0.1) is 11.6 Å². The molecule has 0 aliphatic heterocycles. The summed E-state index contributed by atoms with van der Waals surface area (Å²) < 4.78 is 6.79. The number of aliphatic hydroxyl groups excluding tert-OH is 1. The van der Waals surface area contributed by atoms with Crippen molar-refractivity contribution in [3.05, 3.63) is 34.3 Å². The minimum Gasteiger partial charge on any atom is -0.408 e. The molecule has 0 fully saturated rings. The average molecular weight is 263 g/mol. The van der Waals surface area contributed by atoms with E-state index in [0.29, 0.717) is 12.1 Å². The zero-order valence-electron chi connectivity index (χ0n) is 11.6. The van der Waals surface area contributed by atoms with Crippen LogP contribution in [0.15, 0.2) is 27.4 Å². The fraction of sp³-hybridized carbons (Fsp3) is 0.533. The van der Waals surface area contributed by atoms with Crippen LogP contribution in [0.25, 0.3) is 11.1 Å². The highest BCUT2D eigenvalue weighted by atomic mass is 16.4. The number of oxazole rings is 1. The molecule has 1 N–H and O–H groups in total. The standard InChI is InChI=1S/C15H21NO3/c1-3-5-6-7-13(17)11-8-9-12-14(10-11)19-15(18)16(12)4-2/h8-10,13,17H,3-7H2,1-2H3. The van der Waals surface area contributed by atoms with Gasteiger partial charge in [-0.3, -0.25) is 4.57 Å². The van der Waals surface area contributed by atoms with E-state index in [9.17, 15) is 9.90 Å². The normalized spacial score (nSPS) is 13.0. The molecule has 2 aromatic rings. The summed E-state index contributed by atoms with van der Waals surface area (Å²) in [7, 11) is 0. The van der Waals surface area contributed by atoms with Crippen LogP contribution in [-0.2, 0) is 6.54 Å². The van der Waals surface area contributed by atoms with Gasteiger partial charge in [0.15, 0.2) is 5.58 Å². The Morgan fingerprint density at radius 2 is 2.11 bits per heavy atom. The average Bonchev–Trinajstić information content (AvgIpc) is 2.73. The third kappa shape index (κ3) is 2.89. The molecule has 4 nitrogen and oxygen atoms in total. The first kappa shape index (κ1) is 13.9. The molecule has 0 bridgehead atoms. The summed E-state index contributed by atoms with van der Waals surface area (Å²) >= 11 is 0. The van der Waals surface area contributed by atoms with Crippen molar-refractivity contribution in [2.45, 2.75) is 52.2 Å². The van der Waals surface area contributed by atoms with Crippen molar-refractivity contribution in [3.63, 3.8) is 0 Å². The van der Waals surface area contributed by atoms with Crippen molar-refractivity contribution in [2.24, 2.45) is 0 Å². The maximum atomic E-state index is 11.6. The lowest BCUT2D eigenvalue weighted by atomic mass is 10.0. The Morgan fingerprint density at radius 3 is 2.79 bits per heavy atom. The van der Waals surface area contributed by atoms with Crippen molar-refractivity contribution in [2.75, 3.05) is 0 Å². The van der Waals surface area contributed by atoms with Gasteiger partial charge in [-0.1, -0.05) is 32.3 Å². The van der Waals surface area contributed by atoms with Crippen LogP contribution in [0.2, 0.25) is 0 Å². The Kier molecular flexibility index (Phi) is 4.43. The summed E-state index contributed by atoms with van der Waals surface area (Å²) in [6.45, 7) is 4.63. The zero-order valence-corrected chi connectivity index (χ0v) is 11.6. The maximum Gasteiger partial charge on any atom is 0.419 e. The quantitative estimate of drug-likeness (QED) is 0.814. The SMILES string of the molecule is CCCCCC(O)c1ccc2c(c1)oc(=O)n2CC. The van der Waals surface area contributed by atoms with Gasteiger partial charge in [0.2, 0.25) is 0 Å². The van der Waals surface area contributed by atoms with E-state index in [1.807, 2.05) is 19.1 Å². The van der Waals surface area contributed by atoms with E-state index in [1.165, 1.54) is 0 Å². The maximum absolute atomic E-state index is 11.6. The first-order valence-corrected chi connectivity index (χ1v) is 6.98. The van der Waals surface area contributed by atoms with Gasteiger partial charge in [0.25, 0.3) is 0 Å². The fourth-order valence-corrected chi connectivity index (χ4v) is 2.34. The smallest absolute Gasteiger partial charge is 0.408 e. The van der Waals surface area contributed by atoms with Gasteiger partial charge in [0.1, 0.15) is 0 Å². The van der Waals surface area contributed by atoms with Crippen molar-refractivity contribution >= 4 is 11.1 Å². The Labute approximate surface area is 112 Å². The van der Waals surface area contributed by atoms with E-state index in [1.54, 1.807) is 10.6 Å². The molecule has 0 saturated carbocycles. The lowest BCUT2D eigenvalue weighted by molar-refractivity contribution is 0.163. The molecule has 1 atom stereocenters. The third-order valence-electron chi connectivity index (χ3n) is 3.47. The number of rotatable bonds is 6. The van der Waals surface area contributed by atoms with Crippen LogP contribution in [0.1, 0.15) is 51.2 Å².